The van der Waals surface area contributed by atoms with Crippen molar-refractivity contribution < 1.29 is 14.3 Å². The predicted molar refractivity (Wildman–Crippen MR) is 77.8 cm³/mol. The number of nitrogens with one attached hydrogen (secondary N) is 1. The summed E-state index contributed by atoms with van der Waals surface area (Å²) in [6.45, 7) is 3.22. The molecule has 1 aromatic carbocycles. The maximum Gasteiger partial charge on any atom is 0.332 e. The minimum Gasteiger partial charge on any atom is -0.464 e. The third kappa shape index (κ3) is 5.84. The van der Waals surface area contributed by atoms with Crippen LogP contribution in [0.2, 0.25) is 0 Å². The Hall–Kier alpha value is -0.590. The van der Waals surface area contributed by atoms with E-state index in [1.165, 1.54) is 0 Å². The Balaban J connectivity index is 2.20. The van der Waals surface area contributed by atoms with E-state index in [0.29, 0.717) is 19.8 Å². The number of hydrogen-bond donors (Lipinski definition) is 1. The van der Waals surface area contributed by atoms with Gasteiger partial charge in [0.25, 0.3) is 0 Å². The monoisotopic (exact) mass is 379 g/mol. The molecule has 0 atom stereocenters. The second-order valence-electron chi connectivity index (χ2n) is 3.41. The van der Waals surface area contributed by atoms with Gasteiger partial charge < -0.3 is 14.8 Å². The molecule has 6 heteroatoms. The molecule has 0 spiro atoms. The van der Waals surface area contributed by atoms with E-state index in [1.54, 1.807) is 6.92 Å². The zero-order chi connectivity index (χ0) is 13.4. The molecule has 0 amide bonds. The van der Waals surface area contributed by atoms with Crippen LogP contribution < -0.4 is 5.32 Å². The van der Waals surface area contributed by atoms with Crippen LogP contribution in [0, 0.1) is 0 Å². The van der Waals surface area contributed by atoms with E-state index in [2.05, 4.69) is 37.2 Å². The molecule has 0 fully saturated rings. The summed E-state index contributed by atoms with van der Waals surface area (Å²) >= 11 is 6.84. The first-order valence-corrected chi connectivity index (χ1v) is 7.14. The molecule has 0 aliphatic carbocycles. The van der Waals surface area contributed by atoms with Gasteiger partial charge in [-0.3, -0.25) is 0 Å². The van der Waals surface area contributed by atoms with Crippen LogP contribution in [0.5, 0.6) is 0 Å². The van der Waals surface area contributed by atoms with Crippen molar-refractivity contribution in [3.05, 3.63) is 27.1 Å². The Morgan fingerprint density at radius 1 is 1.39 bits per heavy atom. The molecule has 1 N–H and O–H groups in total. The number of rotatable bonds is 7. The van der Waals surface area contributed by atoms with Crippen LogP contribution in [0.1, 0.15) is 6.92 Å². The van der Waals surface area contributed by atoms with Crippen molar-refractivity contribution in [3.8, 4) is 0 Å². The Morgan fingerprint density at radius 2 is 2.17 bits per heavy atom. The summed E-state index contributed by atoms with van der Waals surface area (Å²) in [7, 11) is 0. The van der Waals surface area contributed by atoms with Gasteiger partial charge in [0.05, 0.1) is 13.2 Å². The Kier molecular flexibility index (Phi) is 7.31. The number of benzene rings is 1. The van der Waals surface area contributed by atoms with Crippen LogP contribution in [0.4, 0.5) is 5.69 Å². The maximum absolute atomic E-state index is 11.0. The summed E-state index contributed by atoms with van der Waals surface area (Å²) in [6, 6.07) is 5.87. The van der Waals surface area contributed by atoms with Gasteiger partial charge in [0, 0.05) is 21.2 Å². The second kappa shape index (κ2) is 8.50. The highest BCUT2D eigenvalue weighted by Crippen LogP contribution is 2.25. The average Bonchev–Trinajstić information content (AvgIpc) is 2.31. The third-order valence-electron chi connectivity index (χ3n) is 2.02. The SMILES string of the molecule is CCOC(=O)COCCNc1ccc(Br)cc1Br. The lowest BCUT2D eigenvalue weighted by Gasteiger charge is -2.09. The molecule has 0 aliphatic rings. The quantitative estimate of drug-likeness (QED) is 0.582. The number of carbonyl (C=O) groups excluding carboxylic acids is 1. The van der Waals surface area contributed by atoms with E-state index in [0.717, 1.165) is 14.6 Å². The Labute approximate surface area is 123 Å². The Morgan fingerprint density at radius 3 is 2.83 bits per heavy atom. The minimum absolute atomic E-state index is 0.00295. The van der Waals surface area contributed by atoms with Crippen molar-refractivity contribution in [3.63, 3.8) is 0 Å². The highest BCUT2D eigenvalue weighted by molar-refractivity contribution is 9.11. The fourth-order valence-electron chi connectivity index (χ4n) is 1.25. The smallest absolute Gasteiger partial charge is 0.332 e. The van der Waals surface area contributed by atoms with Gasteiger partial charge in [0.2, 0.25) is 0 Å². The Bertz CT molecular complexity index is 399. The van der Waals surface area contributed by atoms with E-state index >= 15 is 0 Å². The van der Waals surface area contributed by atoms with Gasteiger partial charge in [0.1, 0.15) is 6.61 Å². The highest BCUT2D eigenvalue weighted by Gasteiger charge is 2.02. The average molecular weight is 381 g/mol. The summed E-state index contributed by atoms with van der Waals surface area (Å²) < 4.78 is 11.9. The highest BCUT2D eigenvalue weighted by atomic mass is 79.9. The van der Waals surface area contributed by atoms with Gasteiger partial charge in [-0.25, -0.2) is 4.79 Å². The number of halogens is 2. The molecule has 18 heavy (non-hydrogen) atoms. The van der Waals surface area contributed by atoms with Crippen molar-refractivity contribution in [2.45, 2.75) is 6.92 Å². The number of hydrogen-bond acceptors (Lipinski definition) is 4. The van der Waals surface area contributed by atoms with Crippen molar-refractivity contribution in [1.29, 1.82) is 0 Å². The first-order chi connectivity index (χ1) is 8.63. The molecule has 0 aromatic heterocycles. The van der Waals surface area contributed by atoms with E-state index in [4.69, 9.17) is 9.47 Å². The van der Waals surface area contributed by atoms with E-state index in [1.807, 2.05) is 18.2 Å². The first-order valence-electron chi connectivity index (χ1n) is 5.55. The van der Waals surface area contributed by atoms with Crippen LogP contribution in [0.3, 0.4) is 0 Å². The third-order valence-corrected chi connectivity index (χ3v) is 3.17. The summed E-state index contributed by atoms with van der Waals surface area (Å²) in [6.07, 6.45) is 0. The van der Waals surface area contributed by atoms with E-state index in [9.17, 15) is 4.79 Å². The van der Waals surface area contributed by atoms with Crippen molar-refractivity contribution in [1.82, 2.24) is 0 Å². The van der Waals surface area contributed by atoms with Gasteiger partial charge in [-0.2, -0.15) is 0 Å². The molecule has 0 unspecified atom stereocenters. The van der Waals surface area contributed by atoms with E-state index in [-0.39, 0.29) is 12.6 Å². The summed E-state index contributed by atoms with van der Waals surface area (Å²) in [4.78, 5) is 11.0. The summed E-state index contributed by atoms with van der Waals surface area (Å²) in [5, 5.41) is 3.20. The minimum atomic E-state index is -0.331. The first kappa shape index (κ1) is 15.5. The van der Waals surface area contributed by atoms with Crippen LogP contribution in [-0.4, -0.2) is 32.3 Å². The number of anilines is 1. The van der Waals surface area contributed by atoms with Crippen LogP contribution >= 0.6 is 31.9 Å². The molecule has 0 bridgehead atoms. The molecule has 100 valence electrons. The molecule has 4 nitrogen and oxygen atoms in total. The molecular formula is C12H15Br2NO3. The topological polar surface area (TPSA) is 47.6 Å². The van der Waals surface area contributed by atoms with Gasteiger partial charge in [-0.05, 0) is 41.1 Å². The lowest BCUT2D eigenvalue weighted by molar-refractivity contribution is -0.148. The van der Waals surface area contributed by atoms with Crippen LogP contribution in [0.15, 0.2) is 27.1 Å². The fraction of sp³-hybridized carbons (Fsp3) is 0.417. The molecule has 0 saturated carbocycles. The largest absolute Gasteiger partial charge is 0.464 e. The summed E-state index contributed by atoms with van der Waals surface area (Å²) in [5.74, 6) is -0.331. The number of carbonyl (C=O) groups is 1. The van der Waals surface area contributed by atoms with Crippen LogP contribution in [0.25, 0.3) is 0 Å². The molecular weight excluding hydrogens is 366 g/mol. The van der Waals surface area contributed by atoms with Gasteiger partial charge >= 0.3 is 5.97 Å². The van der Waals surface area contributed by atoms with Crippen LogP contribution in [-0.2, 0) is 14.3 Å². The molecule has 0 aliphatic heterocycles. The summed E-state index contributed by atoms with van der Waals surface area (Å²) in [5.41, 5.74) is 0.984. The van der Waals surface area contributed by atoms with Gasteiger partial charge in [-0.15, -0.1) is 0 Å². The number of esters is 1. The molecule has 1 rings (SSSR count). The van der Waals surface area contributed by atoms with E-state index < -0.39 is 0 Å². The maximum atomic E-state index is 11.0. The van der Waals surface area contributed by atoms with Crippen molar-refractivity contribution >= 4 is 43.5 Å². The standard InChI is InChI=1S/C12H15Br2NO3/c1-2-18-12(16)8-17-6-5-15-11-4-3-9(13)7-10(11)14/h3-4,7,15H,2,5-6,8H2,1H3. The fourth-order valence-corrected chi connectivity index (χ4v) is 2.44. The normalized spacial score (nSPS) is 10.2. The van der Waals surface area contributed by atoms with Crippen molar-refractivity contribution in [2.24, 2.45) is 0 Å². The molecule has 0 heterocycles. The lowest BCUT2D eigenvalue weighted by Crippen LogP contribution is -2.16. The molecule has 1 aromatic rings. The zero-order valence-electron chi connectivity index (χ0n) is 10.0. The lowest BCUT2D eigenvalue weighted by atomic mass is 10.3. The van der Waals surface area contributed by atoms with Crippen molar-refractivity contribution in [2.75, 3.05) is 31.7 Å². The molecule has 0 saturated heterocycles. The molecule has 0 radical (unpaired) electrons. The van der Waals surface area contributed by atoms with Gasteiger partial charge in [0.15, 0.2) is 0 Å². The predicted octanol–water partition coefficient (Wildman–Crippen LogP) is 3.20. The zero-order valence-corrected chi connectivity index (χ0v) is 13.2. The van der Waals surface area contributed by atoms with Gasteiger partial charge in [-0.1, -0.05) is 15.9 Å². The number of ether oxygens (including phenoxy) is 2. The second-order valence-corrected chi connectivity index (χ2v) is 5.18.